The van der Waals surface area contributed by atoms with Crippen molar-refractivity contribution in [3.63, 3.8) is 0 Å². The minimum absolute atomic E-state index is 0.224. The molecule has 5 nitrogen and oxygen atoms in total. The summed E-state index contributed by atoms with van der Waals surface area (Å²) >= 11 is 0. The molecule has 3 rings (SSSR count). The maximum absolute atomic E-state index is 6.57. The Kier molecular flexibility index (Phi) is 4.03. The Balaban J connectivity index is 1.95. The van der Waals surface area contributed by atoms with Crippen LogP contribution >= 0.6 is 0 Å². The summed E-state index contributed by atoms with van der Waals surface area (Å²) < 4.78 is 7.68. The van der Waals surface area contributed by atoms with Gasteiger partial charge in [0.05, 0.1) is 29.2 Å². The highest BCUT2D eigenvalue weighted by Gasteiger charge is 2.40. The van der Waals surface area contributed by atoms with Gasteiger partial charge in [0.15, 0.2) is 0 Å². The van der Waals surface area contributed by atoms with Gasteiger partial charge in [-0.15, -0.1) is 5.10 Å². The summed E-state index contributed by atoms with van der Waals surface area (Å²) in [5.74, 6) is 0. The second-order valence-corrected chi connectivity index (χ2v) is 5.71. The van der Waals surface area contributed by atoms with Crippen LogP contribution in [0.3, 0.4) is 0 Å². The van der Waals surface area contributed by atoms with E-state index in [4.69, 9.17) is 10.5 Å². The molecule has 0 bridgehead atoms. The summed E-state index contributed by atoms with van der Waals surface area (Å²) in [5, 5.41) is 8.26. The van der Waals surface area contributed by atoms with Gasteiger partial charge in [-0.3, -0.25) is 0 Å². The van der Waals surface area contributed by atoms with Crippen molar-refractivity contribution in [1.82, 2.24) is 15.0 Å². The molecule has 1 unspecified atom stereocenters. The second-order valence-electron chi connectivity index (χ2n) is 5.71. The van der Waals surface area contributed by atoms with Crippen LogP contribution in [0.2, 0.25) is 0 Å². The molecule has 1 aliphatic carbocycles. The van der Waals surface area contributed by atoms with Crippen molar-refractivity contribution in [3.05, 3.63) is 42.2 Å². The normalized spacial score (nSPS) is 19.3. The third kappa shape index (κ3) is 2.59. The van der Waals surface area contributed by atoms with Crippen LogP contribution in [0.4, 0.5) is 0 Å². The van der Waals surface area contributed by atoms with E-state index in [0.29, 0.717) is 0 Å². The predicted octanol–water partition coefficient (Wildman–Crippen LogP) is 2.62. The smallest absolute Gasteiger partial charge is 0.0886 e. The van der Waals surface area contributed by atoms with Crippen molar-refractivity contribution in [3.8, 4) is 5.69 Å². The van der Waals surface area contributed by atoms with Crippen molar-refractivity contribution in [2.75, 3.05) is 7.11 Å². The molecule has 0 radical (unpaired) electrons. The summed E-state index contributed by atoms with van der Waals surface area (Å²) in [6.45, 7) is 0. The summed E-state index contributed by atoms with van der Waals surface area (Å²) in [6.07, 6.45) is 7.32. The minimum atomic E-state index is -0.299. The van der Waals surface area contributed by atoms with E-state index >= 15 is 0 Å². The van der Waals surface area contributed by atoms with Crippen molar-refractivity contribution in [2.24, 2.45) is 5.73 Å². The van der Waals surface area contributed by atoms with Gasteiger partial charge in [-0.25, -0.2) is 4.68 Å². The number of hydrogen-bond acceptors (Lipinski definition) is 4. The number of nitrogens with two attached hydrogens (primary N) is 1. The average Bonchev–Trinajstić information content (AvgIpc) is 3.05. The molecule has 5 heteroatoms. The second kappa shape index (κ2) is 5.95. The third-order valence-electron chi connectivity index (χ3n) is 4.57. The highest BCUT2D eigenvalue weighted by atomic mass is 16.5. The Hall–Kier alpha value is -1.72. The lowest BCUT2D eigenvalue weighted by Gasteiger charge is -2.40. The number of benzene rings is 1. The molecule has 1 aliphatic rings. The van der Waals surface area contributed by atoms with E-state index in [0.717, 1.165) is 37.1 Å². The Labute approximate surface area is 125 Å². The molecule has 2 N–H and O–H groups in total. The molecule has 0 aliphatic heterocycles. The first kappa shape index (κ1) is 14.2. The zero-order valence-electron chi connectivity index (χ0n) is 12.4. The van der Waals surface area contributed by atoms with Gasteiger partial charge in [0.2, 0.25) is 0 Å². The molecule has 1 aromatic carbocycles. The van der Waals surface area contributed by atoms with Gasteiger partial charge in [-0.1, -0.05) is 42.7 Å². The molecule has 21 heavy (non-hydrogen) atoms. The minimum Gasteiger partial charge on any atom is -0.376 e. The average molecular weight is 286 g/mol. The van der Waals surface area contributed by atoms with Gasteiger partial charge < -0.3 is 10.5 Å². The van der Waals surface area contributed by atoms with E-state index in [1.54, 1.807) is 13.3 Å². The monoisotopic (exact) mass is 286 g/mol. The SMILES string of the molecule is COC1(C(N)c2cnnn2-c2ccccc2)CCCCC1. The Morgan fingerprint density at radius 3 is 2.57 bits per heavy atom. The molecule has 0 amide bonds. The van der Waals surface area contributed by atoms with Gasteiger partial charge >= 0.3 is 0 Å². The van der Waals surface area contributed by atoms with Crippen LogP contribution < -0.4 is 5.73 Å². The van der Waals surface area contributed by atoms with Gasteiger partial charge in [-0.2, -0.15) is 0 Å². The maximum atomic E-state index is 6.57. The molecule has 1 fully saturated rings. The van der Waals surface area contributed by atoms with E-state index in [1.807, 2.05) is 35.0 Å². The van der Waals surface area contributed by atoms with E-state index in [1.165, 1.54) is 6.42 Å². The molecule has 1 aromatic heterocycles. The fraction of sp³-hybridized carbons (Fsp3) is 0.500. The number of hydrogen-bond donors (Lipinski definition) is 1. The first-order chi connectivity index (χ1) is 10.3. The van der Waals surface area contributed by atoms with E-state index < -0.39 is 0 Å². The van der Waals surface area contributed by atoms with Crippen molar-refractivity contribution < 1.29 is 4.74 Å². The zero-order valence-corrected chi connectivity index (χ0v) is 12.4. The number of nitrogens with zero attached hydrogens (tertiary/aromatic N) is 3. The Morgan fingerprint density at radius 1 is 1.19 bits per heavy atom. The first-order valence-electron chi connectivity index (χ1n) is 7.53. The van der Waals surface area contributed by atoms with Crippen LogP contribution in [0.1, 0.15) is 43.8 Å². The van der Waals surface area contributed by atoms with E-state index in [2.05, 4.69) is 10.3 Å². The van der Waals surface area contributed by atoms with Crippen LogP contribution in [0.25, 0.3) is 5.69 Å². The van der Waals surface area contributed by atoms with Crippen molar-refractivity contribution >= 4 is 0 Å². The van der Waals surface area contributed by atoms with Crippen LogP contribution in [0, 0.1) is 0 Å². The lowest BCUT2D eigenvalue weighted by atomic mass is 9.78. The fourth-order valence-electron chi connectivity index (χ4n) is 3.29. The number of rotatable bonds is 4. The lowest BCUT2D eigenvalue weighted by Crippen LogP contribution is -2.45. The number of methoxy groups -OCH3 is 1. The molecular weight excluding hydrogens is 264 g/mol. The van der Waals surface area contributed by atoms with Crippen molar-refractivity contribution in [1.29, 1.82) is 0 Å². The first-order valence-corrected chi connectivity index (χ1v) is 7.53. The van der Waals surface area contributed by atoms with Crippen LogP contribution in [0.5, 0.6) is 0 Å². The van der Waals surface area contributed by atoms with Crippen LogP contribution in [-0.2, 0) is 4.74 Å². The van der Waals surface area contributed by atoms with Gasteiger partial charge in [0, 0.05) is 7.11 Å². The predicted molar refractivity (Wildman–Crippen MR) is 81.1 cm³/mol. The largest absolute Gasteiger partial charge is 0.376 e. The number of aromatic nitrogens is 3. The van der Waals surface area contributed by atoms with Gasteiger partial charge in [-0.05, 0) is 25.0 Å². The van der Waals surface area contributed by atoms with Gasteiger partial charge in [0.25, 0.3) is 0 Å². The highest BCUT2D eigenvalue weighted by Crippen LogP contribution is 2.39. The lowest BCUT2D eigenvalue weighted by molar-refractivity contribution is -0.0608. The van der Waals surface area contributed by atoms with Crippen LogP contribution in [0.15, 0.2) is 36.5 Å². The Bertz CT molecular complexity index is 575. The summed E-state index contributed by atoms with van der Waals surface area (Å²) in [7, 11) is 1.77. The maximum Gasteiger partial charge on any atom is 0.0886 e. The Morgan fingerprint density at radius 2 is 1.90 bits per heavy atom. The standard InChI is InChI=1S/C16H22N4O/c1-21-16(10-6-3-7-11-16)15(17)14-12-18-19-20(14)13-8-4-2-5-9-13/h2,4-5,8-9,12,15H,3,6-7,10-11,17H2,1H3. The quantitative estimate of drug-likeness (QED) is 0.938. The topological polar surface area (TPSA) is 66.0 Å². The molecule has 1 atom stereocenters. The molecular formula is C16H22N4O. The molecule has 112 valence electrons. The van der Waals surface area contributed by atoms with Gasteiger partial charge in [0.1, 0.15) is 0 Å². The molecule has 1 saturated carbocycles. The summed E-state index contributed by atoms with van der Waals surface area (Å²) in [6, 6.07) is 9.74. The third-order valence-corrected chi connectivity index (χ3v) is 4.57. The molecule has 2 aromatic rings. The van der Waals surface area contributed by atoms with E-state index in [9.17, 15) is 0 Å². The van der Waals surface area contributed by atoms with E-state index in [-0.39, 0.29) is 11.6 Å². The molecule has 1 heterocycles. The zero-order chi connectivity index (χ0) is 14.7. The summed E-state index contributed by atoms with van der Waals surface area (Å²) in [4.78, 5) is 0. The molecule has 0 saturated heterocycles. The van der Waals surface area contributed by atoms with Crippen molar-refractivity contribution in [2.45, 2.75) is 43.7 Å². The number of para-hydroxylation sites is 1. The molecule has 0 spiro atoms. The summed E-state index contributed by atoms with van der Waals surface area (Å²) in [5.41, 5.74) is 8.15. The highest BCUT2D eigenvalue weighted by molar-refractivity contribution is 5.32. The fourth-order valence-corrected chi connectivity index (χ4v) is 3.29. The number of ether oxygens (including phenoxy) is 1. The van der Waals surface area contributed by atoms with Crippen LogP contribution in [-0.4, -0.2) is 27.7 Å².